The maximum absolute atomic E-state index is 5.89. The number of hydrogen-bond donors (Lipinski definition) is 0. The highest BCUT2D eigenvalue weighted by atomic mass is 16.5. The van der Waals surface area contributed by atoms with E-state index in [-0.39, 0.29) is 0 Å². The smallest absolute Gasteiger partial charge is 0.0964 e. The molecule has 0 saturated heterocycles. The summed E-state index contributed by atoms with van der Waals surface area (Å²) >= 11 is 0. The van der Waals surface area contributed by atoms with Gasteiger partial charge in [-0.1, -0.05) is 167 Å². The van der Waals surface area contributed by atoms with Gasteiger partial charge in [0.05, 0.1) is 11.5 Å². The van der Waals surface area contributed by atoms with Gasteiger partial charge in [-0.15, -0.1) is 0 Å². The Hall–Kier alpha value is -1.24. The second-order valence-electron chi connectivity index (χ2n) is 12.6. The van der Waals surface area contributed by atoms with Crippen LogP contribution in [0.2, 0.25) is 0 Å². The van der Waals surface area contributed by atoms with Crippen LogP contribution in [0.5, 0.6) is 0 Å². The molecule has 0 saturated carbocycles. The molecule has 41 heavy (non-hydrogen) atoms. The predicted octanol–water partition coefficient (Wildman–Crippen LogP) is 14.9. The Labute approximate surface area is 259 Å². The monoisotopic (exact) mass is 571 g/mol. The molecule has 0 aromatic carbocycles. The lowest BCUT2D eigenvalue weighted by Crippen LogP contribution is -1.93. The zero-order valence-corrected chi connectivity index (χ0v) is 28.3. The number of unbranched alkanes of at least 4 members (excludes halogenated alkanes) is 24. The summed E-state index contributed by atoms with van der Waals surface area (Å²) in [4.78, 5) is 0. The van der Waals surface area contributed by atoms with E-state index in [1.807, 2.05) is 0 Å². The summed E-state index contributed by atoms with van der Waals surface area (Å²) in [7, 11) is 0. The highest BCUT2D eigenvalue weighted by Crippen LogP contribution is 2.18. The van der Waals surface area contributed by atoms with Crippen molar-refractivity contribution in [3.05, 3.63) is 49.0 Å². The van der Waals surface area contributed by atoms with Crippen LogP contribution in [-0.4, -0.2) is 0 Å². The van der Waals surface area contributed by atoms with Crippen molar-refractivity contribution < 1.29 is 4.74 Å². The van der Waals surface area contributed by atoms with Gasteiger partial charge in [-0.2, -0.15) is 0 Å². The third-order valence-electron chi connectivity index (χ3n) is 8.22. The second kappa shape index (κ2) is 35.0. The van der Waals surface area contributed by atoms with Gasteiger partial charge in [-0.05, 0) is 64.2 Å². The van der Waals surface area contributed by atoms with E-state index in [2.05, 4.69) is 51.3 Å². The van der Waals surface area contributed by atoms with E-state index >= 15 is 0 Å². The molecule has 0 unspecified atom stereocenters. The van der Waals surface area contributed by atoms with Crippen LogP contribution in [0.15, 0.2) is 49.0 Å². The third-order valence-corrected chi connectivity index (χ3v) is 8.22. The summed E-state index contributed by atoms with van der Waals surface area (Å²) in [5, 5.41) is 0. The quantitative estimate of drug-likeness (QED) is 0.0424. The number of rotatable bonds is 34. The van der Waals surface area contributed by atoms with Crippen molar-refractivity contribution >= 4 is 0 Å². The molecular weight excluding hydrogens is 496 g/mol. The average molecular weight is 571 g/mol. The van der Waals surface area contributed by atoms with Crippen molar-refractivity contribution in [2.75, 3.05) is 0 Å². The van der Waals surface area contributed by atoms with Gasteiger partial charge in [0.2, 0.25) is 0 Å². The van der Waals surface area contributed by atoms with Gasteiger partial charge in [0.25, 0.3) is 0 Å². The van der Waals surface area contributed by atoms with Crippen LogP contribution in [0.3, 0.4) is 0 Å². The second-order valence-corrected chi connectivity index (χ2v) is 12.6. The maximum atomic E-state index is 5.89. The van der Waals surface area contributed by atoms with Crippen molar-refractivity contribution in [2.24, 2.45) is 0 Å². The van der Waals surface area contributed by atoms with Crippen molar-refractivity contribution in [3.8, 4) is 0 Å². The molecular formula is C40H74O. The molecule has 0 aliphatic rings. The molecule has 0 aromatic heterocycles. The van der Waals surface area contributed by atoms with Crippen LogP contribution in [0.4, 0.5) is 0 Å². The number of hydrogen-bond acceptors (Lipinski definition) is 1. The molecule has 0 aliphatic carbocycles. The Morgan fingerprint density at radius 2 is 0.610 bits per heavy atom. The Morgan fingerprint density at radius 1 is 0.366 bits per heavy atom. The average Bonchev–Trinajstić information content (AvgIpc) is 2.96. The molecule has 240 valence electrons. The van der Waals surface area contributed by atoms with Crippen LogP contribution in [0.25, 0.3) is 0 Å². The normalized spacial score (nSPS) is 11.7. The van der Waals surface area contributed by atoms with Gasteiger partial charge in [0.1, 0.15) is 0 Å². The standard InChI is InChI=1S/C40H74O/c1-5-7-9-11-13-15-17-19-21-23-25-27-29-31-33-35-37-39(3)41-40(4)38-36-34-32-30-28-26-24-22-20-18-16-14-12-10-8-6-2/h19-22H,3-18,23-38H2,1-2H3. The minimum absolute atomic E-state index is 0.912. The molecule has 0 spiro atoms. The molecule has 0 aromatic rings. The highest BCUT2D eigenvalue weighted by molar-refractivity contribution is 4.93. The van der Waals surface area contributed by atoms with E-state index in [9.17, 15) is 0 Å². The molecule has 1 nitrogen and oxygen atoms in total. The zero-order chi connectivity index (χ0) is 29.9. The molecule has 0 N–H and O–H groups in total. The molecule has 0 fully saturated rings. The lowest BCUT2D eigenvalue weighted by molar-refractivity contribution is 0.274. The summed E-state index contributed by atoms with van der Waals surface area (Å²) in [6, 6.07) is 0. The molecule has 0 amide bonds. The first-order chi connectivity index (χ1) is 20.2. The van der Waals surface area contributed by atoms with Gasteiger partial charge in [-0.3, -0.25) is 0 Å². The van der Waals surface area contributed by atoms with Gasteiger partial charge in [-0.25, -0.2) is 0 Å². The Kier molecular flexibility index (Phi) is 33.9. The predicted molar refractivity (Wildman–Crippen MR) is 188 cm³/mol. The molecule has 0 atom stereocenters. The summed E-state index contributed by atoms with van der Waals surface area (Å²) < 4.78 is 5.89. The van der Waals surface area contributed by atoms with Crippen LogP contribution in [0, 0.1) is 0 Å². The van der Waals surface area contributed by atoms with Crippen LogP contribution in [0.1, 0.15) is 206 Å². The third kappa shape index (κ3) is 34.9. The molecule has 0 bridgehead atoms. The zero-order valence-electron chi connectivity index (χ0n) is 28.3. The Bertz CT molecular complexity index is 546. The maximum Gasteiger partial charge on any atom is 0.0964 e. The van der Waals surface area contributed by atoms with E-state index in [0.29, 0.717) is 0 Å². The van der Waals surface area contributed by atoms with Gasteiger partial charge >= 0.3 is 0 Å². The minimum atomic E-state index is 0.912. The fraction of sp³-hybridized carbons (Fsp3) is 0.800. The Balaban J connectivity index is 3.35. The highest BCUT2D eigenvalue weighted by Gasteiger charge is 2.01. The van der Waals surface area contributed by atoms with Gasteiger partial charge in [0.15, 0.2) is 0 Å². The van der Waals surface area contributed by atoms with Gasteiger partial charge in [0, 0.05) is 12.8 Å². The first-order valence-electron chi connectivity index (χ1n) is 18.5. The minimum Gasteiger partial charge on any atom is -0.467 e. The number of allylic oxidation sites excluding steroid dienone is 6. The van der Waals surface area contributed by atoms with E-state index in [1.165, 1.54) is 180 Å². The molecule has 0 heterocycles. The first-order valence-corrected chi connectivity index (χ1v) is 18.5. The van der Waals surface area contributed by atoms with E-state index in [0.717, 1.165) is 24.4 Å². The van der Waals surface area contributed by atoms with Crippen molar-refractivity contribution in [2.45, 2.75) is 206 Å². The fourth-order valence-electron chi connectivity index (χ4n) is 5.45. The van der Waals surface area contributed by atoms with Crippen LogP contribution < -0.4 is 0 Å². The largest absolute Gasteiger partial charge is 0.467 e. The Morgan fingerprint density at radius 3 is 0.902 bits per heavy atom. The fourth-order valence-corrected chi connectivity index (χ4v) is 5.45. The molecule has 1 heteroatoms. The summed E-state index contributed by atoms with van der Waals surface area (Å²) in [5.74, 6) is 1.82. The first kappa shape index (κ1) is 39.8. The molecule has 0 radical (unpaired) electrons. The summed E-state index contributed by atoms with van der Waals surface area (Å²) in [5.41, 5.74) is 0. The van der Waals surface area contributed by atoms with Crippen molar-refractivity contribution in [1.82, 2.24) is 0 Å². The lowest BCUT2D eigenvalue weighted by atomic mass is 10.1. The molecule has 0 aliphatic heterocycles. The van der Waals surface area contributed by atoms with Crippen LogP contribution in [-0.2, 0) is 4.74 Å². The van der Waals surface area contributed by atoms with Crippen molar-refractivity contribution in [1.29, 1.82) is 0 Å². The van der Waals surface area contributed by atoms with E-state index in [4.69, 9.17) is 4.74 Å². The van der Waals surface area contributed by atoms with Crippen molar-refractivity contribution in [3.63, 3.8) is 0 Å². The van der Waals surface area contributed by atoms with Gasteiger partial charge < -0.3 is 4.74 Å². The summed E-state index contributed by atoms with van der Waals surface area (Å²) in [6.45, 7) is 12.8. The van der Waals surface area contributed by atoms with E-state index < -0.39 is 0 Å². The topological polar surface area (TPSA) is 9.23 Å². The SMILES string of the molecule is C=C(CCCCCCCCC=CCCCCCCCC)OC(=C)CCCCCCCCC=CCCCCCCCC. The number of ether oxygens (including phenoxy) is 1. The van der Waals surface area contributed by atoms with Crippen LogP contribution >= 0.6 is 0 Å². The summed E-state index contributed by atoms with van der Waals surface area (Å²) in [6.07, 6.45) is 49.3. The lowest BCUT2D eigenvalue weighted by Gasteiger charge is -2.11. The molecule has 0 rings (SSSR count). The van der Waals surface area contributed by atoms with E-state index in [1.54, 1.807) is 0 Å².